The fourth-order valence-corrected chi connectivity index (χ4v) is 6.61. The molecule has 0 aliphatic carbocycles. The van der Waals surface area contributed by atoms with Gasteiger partial charge in [-0.25, -0.2) is 8.42 Å². The van der Waals surface area contributed by atoms with Crippen molar-refractivity contribution >= 4 is 73.9 Å². The molecule has 3 aromatic carbocycles. The van der Waals surface area contributed by atoms with Gasteiger partial charge >= 0.3 is 0 Å². The van der Waals surface area contributed by atoms with Gasteiger partial charge in [0.15, 0.2) is 0 Å². The normalized spacial score (nSPS) is 12.5. The lowest BCUT2D eigenvalue weighted by Crippen LogP contribution is -2.55. The number of hydrogen-bond donors (Lipinski definition) is 1. The highest BCUT2D eigenvalue weighted by Gasteiger charge is 2.35. The molecule has 0 aliphatic heterocycles. The number of nitrogens with one attached hydrogen (secondary N) is 1. The van der Waals surface area contributed by atoms with Crippen LogP contribution in [0.2, 0.25) is 20.1 Å². The van der Waals surface area contributed by atoms with Crippen molar-refractivity contribution in [2.24, 2.45) is 0 Å². The summed E-state index contributed by atoms with van der Waals surface area (Å²) in [6.45, 7) is 6.44. The highest BCUT2D eigenvalue weighted by atomic mass is 35.5. The second kappa shape index (κ2) is 13.7. The maximum absolute atomic E-state index is 14.2. The summed E-state index contributed by atoms with van der Waals surface area (Å²) in [5.41, 5.74) is -0.0707. The Morgan fingerprint density at radius 3 is 1.95 bits per heavy atom. The van der Waals surface area contributed by atoms with Gasteiger partial charge < -0.3 is 10.2 Å². The van der Waals surface area contributed by atoms with E-state index in [2.05, 4.69) is 5.32 Å². The fourth-order valence-electron chi connectivity index (χ4n) is 4.16. The van der Waals surface area contributed by atoms with Crippen molar-refractivity contribution in [2.45, 2.75) is 57.1 Å². The van der Waals surface area contributed by atoms with Gasteiger partial charge in [-0.15, -0.1) is 0 Å². The third-order valence-corrected chi connectivity index (χ3v) is 8.95. The van der Waals surface area contributed by atoms with Gasteiger partial charge in [-0.1, -0.05) is 77.6 Å². The number of hydrogen-bond acceptors (Lipinski definition) is 4. The number of nitrogens with zero attached hydrogens (tertiary/aromatic N) is 2. The third kappa shape index (κ3) is 8.52. The van der Waals surface area contributed by atoms with E-state index in [4.69, 9.17) is 46.4 Å². The predicted molar refractivity (Wildman–Crippen MR) is 166 cm³/mol. The molecule has 0 bridgehead atoms. The van der Waals surface area contributed by atoms with E-state index in [9.17, 15) is 18.0 Å². The third-order valence-electron chi connectivity index (χ3n) is 6.02. The Labute approximate surface area is 261 Å². The molecule has 220 valence electrons. The molecule has 0 unspecified atom stereocenters. The van der Waals surface area contributed by atoms with Crippen molar-refractivity contribution in [1.29, 1.82) is 0 Å². The molecule has 7 nitrogen and oxygen atoms in total. The van der Waals surface area contributed by atoms with Crippen molar-refractivity contribution in [1.82, 2.24) is 10.2 Å². The molecule has 0 aromatic heterocycles. The summed E-state index contributed by atoms with van der Waals surface area (Å²) >= 11 is 25.3. The number of amides is 2. The molecular formula is C29H31Cl4N3O4S. The molecule has 0 heterocycles. The minimum absolute atomic E-state index is 0.0397. The fraction of sp³-hybridized carbons (Fsp3) is 0.310. The van der Waals surface area contributed by atoms with Crippen LogP contribution in [0.25, 0.3) is 0 Å². The monoisotopic (exact) mass is 657 g/mol. The van der Waals surface area contributed by atoms with Crippen LogP contribution in [0.15, 0.2) is 71.6 Å². The van der Waals surface area contributed by atoms with Crippen molar-refractivity contribution < 1.29 is 18.0 Å². The molecule has 0 saturated carbocycles. The van der Waals surface area contributed by atoms with E-state index in [0.29, 0.717) is 15.6 Å². The average molecular weight is 659 g/mol. The van der Waals surface area contributed by atoms with E-state index in [-0.39, 0.29) is 33.6 Å². The van der Waals surface area contributed by atoms with Crippen molar-refractivity contribution in [3.8, 4) is 0 Å². The van der Waals surface area contributed by atoms with E-state index < -0.39 is 40.0 Å². The summed E-state index contributed by atoms with van der Waals surface area (Å²) in [7, 11) is -4.27. The van der Waals surface area contributed by atoms with Crippen LogP contribution in [0.5, 0.6) is 0 Å². The Kier molecular flexibility index (Phi) is 11.0. The molecule has 2 amide bonds. The van der Waals surface area contributed by atoms with Crippen LogP contribution in [0.3, 0.4) is 0 Å². The van der Waals surface area contributed by atoms with Crippen LogP contribution in [0.1, 0.15) is 39.7 Å². The first-order chi connectivity index (χ1) is 19.1. The Balaban J connectivity index is 2.14. The van der Waals surface area contributed by atoms with Crippen LogP contribution in [0, 0.1) is 0 Å². The molecule has 0 spiro atoms. The van der Waals surface area contributed by atoms with Crippen LogP contribution < -0.4 is 9.62 Å². The second-order valence-electron chi connectivity index (χ2n) is 10.3. The zero-order valence-electron chi connectivity index (χ0n) is 23.0. The summed E-state index contributed by atoms with van der Waals surface area (Å²) in [5.74, 6) is -1.06. The maximum atomic E-state index is 14.2. The lowest BCUT2D eigenvalue weighted by molar-refractivity contribution is -0.141. The number of carbonyl (C=O) groups excluding carboxylic acids is 2. The Morgan fingerprint density at radius 1 is 0.878 bits per heavy atom. The van der Waals surface area contributed by atoms with Gasteiger partial charge in [-0.3, -0.25) is 13.9 Å². The van der Waals surface area contributed by atoms with E-state index in [1.165, 1.54) is 35.2 Å². The first-order valence-corrected chi connectivity index (χ1v) is 15.7. The zero-order chi connectivity index (χ0) is 30.5. The quantitative estimate of drug-likeness (QED) is 0.249. The highest BCUT2D eigenvalue weighted by Crippen LogP contribution is 2.31. The lowest BCUT2D eigenvalue weighted by atomic mass is 10.1. The molecule has 41 heavy (non-hydrogen) atoms. The van der Waals surface area contributed by atoms with Gasteiger partial charge in [-0.2, -0.15) is 0 Å². The molecular weight excluding hydrogens is 628 g/mol. The minimum atomic E-state index is -4.27. The Morgan fingerprint density at radius 2 is 1.44 bits per heavy atom. The first-order valence-electron chi connectivity index (χ1n) is 12.7. The molecule has 0 radical (unpaired) electrons. The van der Waals surface area contributed by atoms with Crippen LogP contribution in [-0.2, 0) is 26.2 Å². The highest BCUT2D eigenvalue weighted by molar-refractivity contribution is 7.92. The molecule has 1 atom stereocenters. The summed E-state index contributed by atoms with van der Waals surface area (Å²) < 4.78 is 28.7. The summed E-state index contributed by atoms with van der Waals surface area (Å²) in [5, 5.41) is 3.88. The van der Waals surface area contributed by atoms with Gasteiger partial charge in [0.2, 0.25) is 11.8 Å². The van der Waals surface area contributed by atoms with Crippen molar-refractivity contribution in [3.63, 3.8) is 0 Å². The number of carbonyl (C=O) groups is 2. The number of halogens is 4. The summed E-state index contributed by atoms with van der Waals surface area (Å²) in [6.07, 6.45) is 0.240. The molecule has 0 saturated heterocycles. The van der Waals surface area contributed by atoms with E-state index in [1.807, 2.05) is 20.8 Å². The van der Waals surface area contributed by atoms with Crippen LogP contribution >= 0.6 is 46.4 Å². The average Bonchev–Trinajstić information content (AvgIpc) is 2.87. The molecule has 1 N–H and O–H groups in total. The zero-order valence-corrected chi connectivity index (χ0v) is 26.8. The summed E-state index contributed by atoms with van der Waals surface area (Å²) in [6, 6.07) is 15.9. The largest absolute Gasteiger partial charge is 0.350 e. The maximum Gasteiger partial charge on any atom is 0.264 e. The minimum Gasteiger partial charge on any atom is -0.350 e. The van der Waals surface area contributed by atoms with Gasteiger partial charge in [0, 0.05) is 37.7 Å². The van der Waals surface area contributed by atoms with Crippen LogP contribution in [-0.4, -0.2) is 43.3 Å². The van der Waals surface area contributed by atoms with Crippen LogP contribution in [0.4, 0.5) is 5.69 Å². The first kappa shape index (κ1) is 33.0. The van der Waals surface area contributed by atoms with Crippen molar-refractivity contribution in [2.75, 3.05) is 10.8 Å². The van der Waals surface area contributed by atoms with Gasteiger partial charge in [0.05, 0.1) is 10.6 Å². The Bertz CT molecular complexity index is 1470. The lowest BCUT2D eigenvalue weighted by Gasteiger charge is -2.35. The SMILES string of the molecule is CC[C@H](C(=O)NC(C)(C)C)N(Cc1c(Cl)cccc1Cl)C(=O)CN(c1cc(Cl)cc(Cl)c1)S(=O)(=O)c1ccccc1. The van der Waals surface area contributed by atoms with Gasteiger partial charge in [0.1, 0.15) is 12.6 Å². The number of anilines is 1. The number of rotatable bonds is 10. The topological polar surface area (TPSA) is 86.8 Å². The molecule has 3 aromatic rings. The molecule has 3 rings (SSSR count). The van der Waals surface area contributed by atoms with Crippen molar-refractivity contribution in [3.05, 3.63) is 92.4 Å². The second-order valence-corrected chi connectivity index (χ2v) is 13.9. The molecule has 0 aliphatic rings. The standard InChI is InChI=1S/C29H31Cl4N3O4S/c1-5-26(28(38)34-29(2,3)4)35(17-23-24(32)12-9-13-25(23)33)27(37)18-36(21-15-19(30)14-20(31)16-21)41(39,40)22-10-7-6-8-11-22/h6-16,26H,5,17-18H2,1-4H3,(H,34,38)/t26-/m1/s1. The van der Waals surface area contributed by atoms with Gasteiger partial charge in [-0.05, 0) is 69.7 Å². The smallest absolute Gasteiger partial charge is 0.264 e. The van der Waals surface area contributed by atoms with E-state index >= 15 is 0 Å². The number of sulfonamides is 1. The van der Waals surface area contributed by atoms with E-state index in [1.54, 1.807) is 43.3 Å². The number of benzene rings is 3. The van der Waals surface area contributed by atoms with Gasteiger partial charge in [0.25, 0.3) is 10.0 Å². The Hall–Kier alpha value is -2.49. The van der Waals surface area contributed by atoms with E-state index in [0.717, 1.165) is 4.31 Å². The molecule has 0 fully saturated rings. The summed E-state index contributed by atoms with van der Waals surface area (Å²) in [4.78, 5) is 28.8. The molecule has 12 heteroatoms. The predicted octanol–water partition coefficient (Wildman–Crippen LogP) is 7.22.